The van der Waals surface area contributed by atoms with Gasteiger partial charge in [-0.05, 0) is 24.3 Å². The standard InChI is InChI=1S/C22H14N4O2/c23-13-25-19-5-1-3-17(11-19)21(27)15-7-9-16(10-8-15)22(28)18-4-2-6-20(12-18)26-14-24/h1-12,25-26H. The van der Waals surface area contributed by atoms with E-state index in [0.29, 0.717) is 33.6 Å². The Hall–Kier alpha value is -4.42. The van der Waals surface area contributed by atoms with E-state index in [1.165, 1.54) is 0 Å². The van der Waals surface area contributed by atoms with Gasteiger partial charge in [0.15, 0.2) is 24.0 Å². The molecular weight excluding hydrogens is 352 g/mol. The van der Waals surface area contributed by atoms with Crippen molar-refractivity contribution < 1.29 is 9.59 Å². The zero-order valence-electron chi connectivity index (χ0n) is 14.6. The molecule has 28 heavy (non-hydrogen) atoms. The fourth-order valence-electron chi connectivity index (χ4n) is 2.71. The third kappa shape index (κ3) is 4.04. The Bertz CT molecular complexity index is 1030. The molecule has 6 nitrogen and oxygen atoms in total. The van der Waals surface area contributed by atoms with Crippen LogP contribution in [-0.4, -0.2) is 11.6 Å². The van der Waals surface area contributed by atoms with Crippen molar-refractivity contribution in [1.82, 2.24) is 0 Å². The molecule has 0 fully saturated rings. The third-order valence-corrected chi connectivity index (χ3v) is 4.06. The lowest BCUT2D eigenvalue weighted by Crippen LogP contribution is -2.05. The highest BCUT2D eigenvalue weighted by Gasteiger charge is 2.13. The summed E-state index contributed by atoms with van der Waals surface area (Å²) in [6, 6.07) is 19.7. The molecule has 0 aliphatic carbocycles. The summed E-state index contributed by atoms with van der Waals surface area (Å²) in [5.41, 5.74) is 2.82. The van der Waals surface area contributed by atoms with Gasteiger partial charge in [0.2, 0.25) is 0 Å². The van der Waals surface area contributed by atoms with Crippen molar-refractivity contribution >= 4 is 22.9 Å². The minimum atomic E-state index is -0.208. The molecule has 0 aliphatic rings. The summed E-state index contributed by atoms with van der Waals surface area (Å²) in [6.07, 6.45) is 3.63. The zero-order chi connectivity index (χ0) is 19.9. The van der Waals surface area contributed by atoms with Gasteiger partial charge < -0.3 is 0 Å². The number of anilines is 2. The van der Waals surface area contributed by atoms with Crippen molar-refractivity contribution in [2.24, 2.45) is 0 Å². The Labute approximate surface area is 161 Å². The van der Waals surface area contributed by atoms with Crippen molar-refractivity contribution in [2.45, 2.75) is 0 Å². The van der Waals surface area contributed by atoms with Crippen LogP contribution in [-0.2, 0) is 0 Å². The van der Waals surface area contributed by atoms with E-state index in [1.807, 2.05) is 12.4 Å². The first-order valence-corrected chi connectivity index (χ1v) is 8.32. The molecule has 0 heterocycles. The van der Waals surface area contributed by atoms with E-state index in [-0.39, 0.29) is 11.6 Å². The molecule has 0 spiro atoms. The number of carbonyl (C=O) groups is 2. The Morgan fingerprint density at radius 2 is 1.00 bits per heavy atom. The summed E-state index contributed by atoms with van der Waals surface area (Å²) in [5.74, 6) is -0.415. The number of benzene rings is 3. The molecule has 3 aromatic rings. The van der Waals surface area contributed by atoms with Crippen LogP contribution in [0.1, 0.15) is 31.8 Å². The molecule has 0 atom stereocenters. The SMILES string of the molecule is N#CNc1cccc(C(=O)c2ccc(C(=O)c3cccc(NC#N)c3)cc2)c1. The average molecular weight is 366 g/mol. The van der Waals surface area contributed by atoms with Crippen LogP contribution >= 0.6 is 0 Å². The number of nitrogens with zero attached hydrogens (tertiary/aromatic N) is 2. The minimum absolute atomic E-state index is 0.208. The highest BCUT2D eigenvalue weighted by molar-refractivity contribution is 6.12. The van der Waals surface area contributed by atoms with Crippen molar-refractivity contribution in [1.29, 1.82) is 10.5 Å². The molecule has 2 N–H and O–H groups in total. The van der Waals surface area contributed by atoms with Gasteiger partial charge in [0.05, 0.1) is 0 Å². The number of carbonyl (C=O) groups excluding carboxylic acids is 2. The maximum atomic E-state index is 12.6. The number of nitriles is 2. The highest BCUT2D eigenvalue weighted by atomic mass is 16.1. The lowest BCUT2D eigenvalue weighted by Gasteiger charge is -2.06. The number of rotatable bonds is 6. The summed E-state index contributed by atoms with van der Waals surface area (Å²) in [6.45, 7) is 0. The molecule has 0 unspecified atom stereocenters. The van der Waals surface area contributed by atoms with Gasteiger partial charge in [-0.3, -0.25) is 20.2 Å². The van der Waals surface area contributed by atoms with Gasteiger partial charge in [-0.2, -0.15) is 10.5 Å². The number of nitrogens with one attached hydrogen (secondary N) is 2. The van der Waals surface area contributed by atoms with E-state index in [0.717, 1.165) is 0 Å². The first kappa shape index (κ1) is 18.4. The molecule has 6 heteroatoms. The van der Waals surface area contributed by atoms with E-state index >= 15 is 0 Å². The molecule has 0 aromatic heterocycles. The van der Waals surface area contributed by atoms with Crippen LogP contribution in [0.15, 0.2) is 72.8 Å². The van der Waals surface area contributed by atoms with Crippen LogP contribution in [0.25, 0.3) is 0 Å². The summed E-state index contributed by atoms with van der Waals surface area (Å²) < 4.78 is 0. The number of hydrogen-bond acceptors (Lipinski definition) is 6. The van der Waals surface area contributed by atoms with Gasteiger partial charge in [0.25, 0.3) is 0 Å². The van der Waals surface area contributed by atoms with Gasteiger partial charge in [0, 0.05) is 33.6 Å². The largest absolute Gasteiger partial charge is 0.293 e. The minimum Gasteiger partial charge on any atom is -0.293 e. The summed E-state index contributed by atoms with van der Waals surface area (Å²) >= 11 is 0. The zero-order valence-corrected chi connectivity index (χ0v) is 14.6. The van der Waals surface area contributed by atoms with Crippen molar-refractivity contribution in [2.75, 3.05) is 10.6 Å². The maximum Gasteiger partial charge on any atom is 0.193 e. The summed E-state index contributed by atoms with van der Waals surface area (Å²) in [4.78, 5) is 25.3. The molecule has 0 bridgehead atoms. The number of hydrogen-bond donors (Lipinski definition) is 2. The van der Waals surface area contributed by atoms with Crippen LogP contribution in [0.5, 0.6) is 0 Å². The Kier molecular flexibility index (Phi) is 5.45. The quantitative estimate of drug-likeness (QED) is 0.389. The normalized spacial score (nSPS) is 9.64. The van der Waals surface area contributed by atoms with Gasteiger partial charge >= 0.3 is 0 Å². The Balaban J connectivity index is 1.81. The molecule has 134 valence electrons. The Morgan fingerprint density at radius 1 is 0.607 bits per heavy atom. The van der Waals surface area contributed by atoms with Crippen LogP contribution in [0.3, 0.4) is 0 Å². The summed E-state index contributed by atoms with van der Waals surface area (Å²) in [7, 11) is 0. The Morgan fingerprint density at radius 3 is 1.36 bits per heavy atom. The van der Waals surface area contributed by atoms with E-state index in [2.05, 4.69) is 10.6 Å². The van der Waals surface area contributed by atoms with E-state index in [1.54, 1.807) is 72.8 Å². The smallest absolute Gasteiger partial charge is 0.193 e. The lowest BCUT2D eigenvalue weighted by atomic mass is 9.98. The molecule has 0 amide bonds. The van der Waals surface area contributed by atoms with Crippen molar-refractivity contribution in [3.63, 3.8) is 0 Å². The fraction of sp³-hybridized carbons (Fsp3) is 0. The molecule has 3 rings (SSSR count). The molecular formula is C22H14N4O2. The highest BCUT2D eigenvalue weighted by Crippen LogP contribution is 2.18. The second-order valence-electron chi connectivity index (χ2n) is 5.87. The summed E-state index contributed by atoms with van der Waals surface area (Å²) in [5, 5.41) is 22.4. The van der Waals surface area contributed by atoms with E-state index in [9.17, 15) is 9.59 Å². The van der Waals surface area contributed by atoms with E-state index < -0.39 is 0 Å². The van der Waals surface area contributed by atoms with E-state index in [4.69, 9.17) is 10.5 Å². The topological polar surface area (TPSA) is 106 Å². The van der Waals surface area contributed by atoms with Gasteiger partial charge in [-0.25, -0.2) is 0 Å². The van der Waals surface area contributed by atoms with Crippen LogP contribution in [0.2, 0.25) is 0 Å². The second-order valence-corrected chi connectivity index (χ2v) is 5.87. The third-order valence-electron chi connectivity index (χ3n) is 4.06. The maximum absolute atomic E-state index is 12.6. The number of ketones is 2. The van der Waals surface area contributed by atoms with Gasteiger partial charge in [-0.1, -0.05) is 48.5 Å². The average Bonchev–Trinajstić information content (AvgIpc) is 2.74. The molecule has 0 radical (unpaired) electrons. The monoisotopic (exact) mass is 366 g/mol. The molecule has 0 saturated carbocycles. The fourth-order valence-corrected chi connectivity index (χ4v) is 2.71. The van der Waals surface area contributed by atoms with Crippen molar-refractivity contribution in [3.05, 3.63) is 95.1 Å². The van der Waals surface area contributed by atoms with Gasteiger partial charge in [-0.15, -0.1) is 0 Å². The van der Waals surface area contributed by atoms with Crippen molar-refractivity contribution in [3.8, 4) is 12.4 Å². The lowest BCUT2D eigenvalue weighted by molar-refractivity contribution is 0.102. The molecule has 0 aliphatic heterocycles. The first-order valence-electron chi connectivity index (χ1n) is 8.32. The molecule has 0 saturated heterocycles. The second kappa shape index (κ2) is 8.31. The predicted molar refractivity (Wildman–Crippen MR) is 105 cm³/mol. The van der Waals surface area contributed by atoms with Crippen LogP contribution < -0.4 is 10.6 Å². The predicted octanol–water partition coefficient (Wildman–Crippen LogP) is 3.93. The van der Waals surface area contributed by atoms with Crippen LogP contribution in [0.4, 0.5) is 11.4 Å². The molecule has 3 aromatic carbocycles. The first-order chi connectivity index (χ1) is 13.6. The van der Waals surface area contributed by atoms with Gasteiger partial charge in [0.1, 0.15) is 0 Å². The van der Waals surface area contributed by atoms with Crippen LogP contribution in [0, 0.1) is 22.9 Å².